The number of nitrogens with zero attached hydrogens (tertiary/aromatic N) is 2. The summed E-state index contributed by atoms with van der Waals surface area (Å²) in [6, 6.07) is 6.72. The van der Waals surface area contributed by atoms with Gasteiger partial charge in [0.15, 0.2) is 9.84 Å². The molecular formula is C16H16N2O3S. The molecule has 1 aliphatic rings. The monoisotopic (exact) mass is 316 g/mol. The second-order valence-corrected chi connectivity index (χ2v) is 7.44. The molecule has 22 heavy (non-hydrogen) atoms. The molecule has 0 fully saturated rings. The minimum atomic E-state index is -3.28. The number of Topliss-reactive ketones (excluding diaryl/α,β-unsaturated/α-hetero) is 1. The zero-order valence-corrected chi connectivity index (χ0v) is 13.4. The lowest BCUT2D eigenvalue weighted by molar-refractivity contribution is -0.111. The number of allylic oxidation sites excluding steroid dienone is 2. The Morgan fingerprint density at radius 2 is 2.05 bits per heavy atom. The summed E-state index contributed by atoms with van der Waals surface area (Å²) in [6.07, 6.45) is 4.69. The third-order valence-corrected chi connectivity index (χ3v) is 4.41. The van der Waals surface area contributed by atoms with Gasteiger partial charge in [-0.05, 0) is 29.3 Å². The first kappa shape index (κ1) is 16.0. The summed E-state index contributed by atoms with van der Waals surface area (Å²) >= 11 is 0. The topological polar surface area (TPSA) is 78.2 Å². The van der Waals surface area contributed by atoms with Gasteiger partial charge < -0.3 is 4.90 Å². The van der Waals surface area contributed by atoms with Gasteiger partial charge in [0, 0.05) is 38.5 Å². The number of hydrogen-bond acceptors (Lipinski definition) is 5. The fraction of sp³-hybridized carbons (Fsp3) is 0.250. The summed E-state index contributed by atoms with van der Waals surface area (Å²) < 4.78 is 23.2. The van der Waals surface area contributed by atoms with Gasteiger partial charge in [-0.15, -0.1) is 0 Å². The van der Waals surface area contributed by atoms with E-state index >= 15 is 0 Å². The molecular weight excluding hydrogens is 300 g/mol. The highest BCUT2D eigenvalue weighted by Gasteiger charge is 2.22. The van der Waals surface area contributed by atoms with Crippen molar-refractivity contribution < 1.29 is 13.2 Å². The largest absolute Gasteiger partial charge is 0.382 e. The van der Waals surface area contributed by atoms with E-state index in [-0.39, 0.29) is 16.3 Å². The first-order valence-corrected chi connectivity index (χ1v) is 8.48. The molecule has 0 spiro atoms. The Kier molecular flexibility index (Phi) is 4.20. The summed E-state index contributed by atoms with van der Waals surface area (Å²) in [5.74, 6) is -0.326. The van der Waals surface area contributed by atoms with Crippen molar-refractivity contribution in [3.8, 4) is 6.07 Å². The fourth-order valence-corrected chi connectivity index (χ4v) is 2.91. The van der Waals surface area contributed by atoms with Crippen LogP contribution >= 0.6 is 0 Å². The fourth-order valence-electron chi connectivity index (χ4n) is 2.26. The Morgan fingerprint density at radius 3 is 2.59 bits per heavy atom. The van der Waals surface area contributed by atoms with Crippen molar-refractivity contribution in [3.05, 3.63) is 46.7 Å². The van der Waals surface area contributed by atoms with Crippen LogP contribution in [0.15, 0.2) is 40.4 Å². The number of sulfone groups is 1. The van der Waals surface area contributed by atoms with Gasteiger partial charge in [0.05, 0.1) is 4.90 Å². The molecule has 0 aliphatic heterocycles. The van der Waals surface area contributed by atoms with Gasteiger partial charge in [-0.2, -0.15) is 5.26 Å². The van der Waals surface area contributed by atoms with Gasteiger partial charge in [-0.3, -0.25) is 4.79 Å². The van der Waals surface area contributed by atoms with Crippen LogP contribution in [0.2, 0.25) is 0 Å². The van der Waals surface area contributed by atoms with E-state index in [0.29, 0.717) is 17.6 Å². The second kappa shape index (κ2) is 5.78. The molecule has 0 bridgehead atoms. The molecule has 0 heterocycles. The Morgan fingerprint density at radius 1 is 1.36 bits per heavy atom. The molecule has 114 valence electrons. The molecule has 1 aliphatic carbocycles. The molecule has 2 rings (SSSR count). The quantitative estimate of drug-likeness (QED) is 0.622. The molecule has 0 unspecified atom stereocenters. The molecule has 0 saturated carbocycles. The Hall–Kier alpha value is -2.39. The van der Waals surface area contributed by atoms with Crippen LogP contribution < -0.4 is 0 Å². The van der Waals surface area contributed by atoms with Gasteiger partial charge in [-0.25, -0.2) is 8.42 Å². The third kappa shape index (κ3) is 3.26. The third-order valence-electron chi connectivity index (χ3n) is 3.30. The van der Waals surface area contributed by atoms with Crippen LogP contribution in [0.4, 0.5) is 0 Å². The molecule has 5 nitrogen and oxygen atoms in total. The van der Waals surface area contributed by atoms with Crippen LogP contribution in [0.25, 0.3) is 6.08 Å². The number of nitriles is 1. The summed E-state index contributed by atoms with van der Waals surface area (Å²) in [7, 11) is 0.190. The van der Waals surface area contributed by atoms with Gasteiger partial charge >= 0.3 is 0 Å². The number of hydrogen-bond donors (Lipinski definition) is 0. The van der Waals surface area contributed by atoms with Gasteiger partial charge in [0.25, 0.3) is 0 Å². The summed E-state index contributed by atoms with van der Waals surface area (Å²) in [5, 5.41) is 9.10. The van der Waals surface area contributed by atoms with Crippen molar-refractivity contribution in [1.82, 2.24) is 4.90 Å². The number of fused-ring (bicyclic) bond motifs is 1. The molecule has 6 heteroatoms. The average molecular weight is 316 g/mol. The van der Waals surface area contributed by atoms with E-state index in [4.69, 9.17) is 5.26 Å². The highest BCUT2D eigenvalue weighted by molar-refractivity contribution is 7.90. The van der Waals surface area contributed by atoms with Gasteiger partial charge in [-0.1, -0.05) is 6.07 Å². The predicted octanol–water partition coefficient (Wildman–Crippen LogP) is 1.57. The standard InChI is InChI=1S/C16H16N2O3S/c1-18(2)10-14(9-17)16(19)13-6-11-4-5-15(22(3,20)21)8-12(11)7-13/h4-5,7-8,10H,6H2,1-3H3. The molecule has 1 aromatic carbocycles. The smallest absolute Gasteiger partial charge is 0.201 e. The number of benzene rings is 1. The van der Waals surface area contributed by atoms with Crippen LogP contribution in [0.5, 0.6) is 0 Å². The van der Waals surface area contributed by atoms with Gasteiger partial charge in [0.2, 0.25) is 5.78 Å². The van der Waals surface area contributed by atoms with E-state index in [9.17, 15) is 13.2 Å². The van der Waals surface area contributed by atoms with Crippen molar-refractivity contribution >= 4 is 21.7 Å². The predicted molar refractivity (Wildman–Crippen MR) is 83.6 cm³/mol. The first-order valence-electron chi connectivity index (χ1n) is 6.59. The lowest BCUT2D eigenvalue weighted by Gasteiger charge is -2.06. The zero-order valence-electron chi connectivity index (χ0n) is 12.6. The molecule has 0 radical (unpaired) electrons. The molecule has 0 aromatic heterocycles. The van der Waals surface area contributed by atoms with E-state index < -0.39 is 9.84 Å². The van der Waals surface area contributed by atoms with E-state index in [2.05, 4.69) is 0 Å². The maximum absolute atomic E-state index is 12.4. The first-order chi connectivity index (χ1) is 10.2. The molecule has 0 saturated heterocycles. The van der Waals surface area contributed by atoms with Crippen molar-refractivity contribution in [2.24, 2.45) is 0 Å². The van der Waals surface area contributed by atoms with Crippen LogP contribution in [0.1, 0.15) is 11.1 Å². The van der Waals surface area contributed by atoms with Crippen LogP contribution in [-0.2, 0) is 21.1 Å². The molecule has 1 aromatic rings. The second-order valence-electron chi connectivity index (χ2n) is 5.43. The molecule has 0 atom stereocenters. The van der Waals surface area contributed by atoms with Crippen molar-refractivity contribution in [3.63, 3.8) is 0 Å². The van der Waals surface area contributed by atoms with Crippen molar-refractivity contribution in [1.29, 1.82) is 5.26 Å². The van der Waals surface area contributed by atoms with Crippen LogP contribution in [-0.4, -0.2) is 39.5 Å². The minimum absolute atomic E-state index is 0.0624. The number of carbonyl (C=O) groups excluding carboxylic acids is 1. The lowest BCUT2D eigenvalue weighted by Crippen LogP contribution is -2.10. The number of rotatable bonds is 4. The molecule has 0 amide bonds. The van der Waals surface area contributed by atoms with E-state index in [1.807, 2.05) is 6.07 Å². The Labute approximate surface area is 130 Å². The summed E-state index contributed by atoms with van der Waals surface area (Å²) in [4.78, 5) is 14.2. The Bertz CT molecular complexity index is 841. The van der Waals surface area contributed by atoms with Crippen LogP contribution in [0, 0.1) is 11.3 Å². The Balaban J connectivity index is 2.37. The van der Waals surface area contributed by atoms with Crippen molar-refractivity contribution in [2.45, 2.75) is 11.3 Å². The van der Waals surface area contributed by atoms with Crippen LogP contribution in [0.3, 0.4) is 0 Å². The summed E-state index contributed by atoms with van der Waals surface area (Å²) in [5.41, 5.74) is 2.16. The average Bonchev–Trinajstić information content (AvgIpc) is 2.85. The summed E-state index contributed by atoms with van der Waals surface area (Å²) in [6.45, 7) is 0. The minimum Gasteiger partial charge on any atom is -0.382 e. The highest BCUT2D eigenvalue weighted by Crippen LogP contribution is 2.29. The van der Waals surface area contributed by atoms with E-state index in [0.717, 1.165) is 11.8 Å². The highest BCUT2D eigenvalue weighted by atomic mass is 32.2. The molecule has 0 N–H and O–H groups in total. The SMILES string of the molecule is CN(C)C=C(C#N)C(=O)C1=Cc2cc(S(C)(=O)=O)ccc2C1. The van der Waals surface area contributed by atoms with E-state index in [1.165, 1.54) is 12.3 Å². The lowest BCUT2D eigenvalue weighted by atomic mass is 10.0. The number of ketones is 1. The van der Waals surface area contributed by atoms with Gasteiger partial charge in [0.1, 0.15) is 11.6 Å². The van der Waals surface area contributed by atoms with Crippen molar-refractivity contribution in [2.75, 3.05) is 20.4 Å². The number of carbonyl (C=O) groups is 1. The normalized spacial score (nSPS) is 14.1. The maximum atomic E-state index is 12.4. The maximum Gasteiger partial charge on any atom is 0.201 e. The zero-order chi connectivity index (χ0) is 16.5. The van der Waals surface area contributed by atoms with E-state index in [1.54, 1.807) is 37.2 Å².